The quantitative estimate of drug-likeness (QED) is 0.889. The molecule has 1 aliphatic heterocycles. The highest BCUT2D eigenvalue weighted by Crippen LogP contribution is 2.21. The van der Waals surface area contributed by atoms with Crippen LogP contribution in [0.25, 0.3) is 11.1 Å². The standard InChI is InChI=1S/C20H25N3O/c1-21-19-8-5-13-23(14-19)15-20(24)22-18-11-9-17(10-12-18)16-6-3-2-4-7-16/h2-4,6-7,9-12,19,21H,5,8,13-15H2,1H3,(H,22,24). The van der Waals surface area contributed by atoms with Gasteiger partial charge >= 0.3 is 0 Å². The van der Waals surface area contributed by atoms with Crippen molar-refractivity contribution in [2.24, 2.45) is 0 Å². The predicted molar refractivity (Wildman–Crippen MR) is 99.0 cm³/mol. The van der Waals surface area contributed by atoms with Gasteiger partial charge in [0.1, 0.15) is 0 Å². The molecule has 1 aliphatic rings. The Morgan fingerprint density at radius 2 is 1.79 bits per heavy atom. The molecule has 2 N–H and O–H groups in total. The van der Waals surface area contributed by atoms with Crippen LogP contribution in [0.2, 0.25) is 0 Å². The van der Waals surface area contributed by atoms with Crippen LogP contribution >= 0.6 is 0 Å². The van der Waals surface area contributed by atoms with E-state index in [2.05, 4.69) is 27.7 Å². The molecule has 0 bridgehead atoms. The van der Waals surface area contributed by atoms with Crippen LogP contribution in [0.1, 0.15) is 12.8 Å². The molecule has 1 unspecified atom stereocenters. The van der Waals surface area contributed by atoms with Crippen molar-refractivity contribution >= 4 is 11.6 Å². The Balaban J connectivity index is 1.55. The van der Waals surface area contributed by atoms with Crippen LogP contribution in [0, 0.1) is 0 Å². The number of hydrogen-bond donors (Lipinski definition) is 2. The summed E-state index contributed by atoms with van der Waals surface area (Å²) in [6.45, 7) is 2.40. The van der Waals surface area contributed by atoms with Crippen molar-refractivity contribution < 1.29 is 4.79 Å². The summed E-state index contributed by atoms with van der Waals surface area (Å²) >= 11 is 0. The second-order valence-corrected chi connectivity index (χ2v) is 6.35. The van der Waals surface area contributed by atoms with Gasteiger partial charge in [0.25, 0.3) is 0 Å². The molecule has 1 atom stereocenters. The summed E-state index contributed by atoms with van der Waals surface area (Å²) in [5.74, 6) is 0.0548. The maximum absolute atomic E-state index is 12.3. The summed E-state index contributed by atoms with van der Waals surface area (Å²) in [6.07, 6.45) is 2.33. The number of likely N-dealkylation sites (tertiary alicyclic amines) is 1. The first-order valence-electron chi connectivity index (χ1n) is 8.59. The van der Waals surface area contributed by atoms with Crippen LogP contribution < -0.4 is 10.6 Å². The van der Waals surface area contributed by atoms with Gasteiger partial charge in [0, 0.05) is 18.3 Å². The Morgan fingerprint density at radius 3 is 2.50 bits per heavy atom. The zero-order valence-electron chi connectivity index (χ0n) is 14.2. The molecule has 1 saturated heterocycles. The first kappa shape index (κ1) is 16.7. The van der Waals surface area contributed by atoms with E-state index in [0.717, 1.165) is 30.8 Å². The molecule has 0 radical (unpaired) electrons. The van der Waals surface area contributed by atoms with Gasteiger partial charge in [0.15, 0.2) is 0 Å². The second-order valence-electron chi connectivity index (χ2n) is 6.35. The van der Waals surface area contributed by atoms with Gasteiger partial charge in [0.05, 0.1) is 6.54 Å². The fourth-order valence-corrected chi connectivity index (χ4v) is 3.21. The molecule has 3 rings (SSSR count). The molecule has 0 spiro atoms. The molecule has 126 valence electrons. The monoisotopic (exact) mass is 323 g/mol. The maximum Gasteiger partial charge on any atom is 0.238 e. The minimum atomic E-state index is 0.0548. The van der Waals surface area contributed by atoms with E-state index < -0.39 is 0 Å². The Hall–Kier alpha value is -2.17. The van der Waals surface area contributed by atoms with E-state index in [1.54, 1.807) is 0 Å². The lowest BCUT2D eigenvalue weighted by molar-refractivity contribution is -0.117. The third-order valence-corrected chi connectivity index (χ3v) is 4.56. The van der Waals surface area contributed by atoms with Crippen LogP contribution in [-0.4, -0.2) is 43.5 Å². The van der Waals surface area contributed by atoms with Gasteiger partial charge in [-0.1, -0.05) is 42.5 Å². The summed E-state index contributed by atoms with van der Waals surface area (Å²) in [4.78, 5) is 14.5. The molecule has 2 aromatic rings. The van der Waals surface area contributed by atoms with Crippen molar-refractivity contribution in [2.45, 2.75) is 18.9 Å². The zero-order valence-corrected chi connectivity index (χ0v) is 14.2. The van der Waals surface area contributed by atoms with Gasteiger partial charge < -0.3 is 10.6 Å². The predicted octanol–water partition coefficient (Wildman–Crippen LogP) is 2.98. The normalized spacial score (nSPS) is 18.3. The molecular weight excluding hydrogens is 298 g/mol. The molecule has 4 nitrogen and oxygen atoms in total. The number of piperidine rings is 1. The van der Waals surface area contributed by atoms with Crippen molar-refractivity contribution in [2.75, 3.05) is 32.0 Å². The zero-order chi connectivity index (χ0) is 16.8. The first-order chi connectivity index (χ1) is 11.7. The maximum atomic E-state index is 12.3. The van der Waals surface area contributed by atoms with Gasteiger partial charge in [-0.15, -0.1) is 0 Å². The van der Waals surface area contributed by atoms with Crippen LogP contribution in [0.3, 0.4) is 0 Å². The van der Waals surface area contributed by atoms with E-state index in [1.165, 1.54) is 12.0 Å². The number of likely N-dealkylation sites (N-methyl/N-ethyl adjacent to an activating group) is 1. The fraction of sp³-hybridized carbons (Fsp3) is 0.350. The number of hydrogen-bond acceptors (Lipinski definition) is 3. The lowest BCUT2D eigenvalue weighted by atomic mass is 10.1. The third-order valence-electron chi connectivity index (χ3n) is 4.56. The molecular formula is C20H25N3O. The van der Waals surface area contributed by atoms with Gasteiger partial charge in [0.2, 0.25) is 5.91 Å². The average molecular weight is 323 g/mol. The highest BCUT2D eigenvalue weighted by molar-refractivity contribution is 5.92. The Labute approximate surface area is 143 Å². The highest BCUT2D eigenvalue weighted by atomic mass is 16.2. The Bertz CT molecular complexity index is 654. The number of carbonyl (C=O) groups is 1. The summed E-state index contributed by atoms with van der Waals surface area (Å²) in [6, 6.07) is 18.8. The molecule has 4 heteroatoms. The number of benzene rings is 2. The molecule has 0 aromatic heterocycles. The van der Waals surface area contributed by atoms with Gasteiger partial charge in [-0.05, 0) is 49.7 Å². The van der Waals surface area contributed by atoms with Crippen LogP contribution in [0.5, 0.6) is 0 Å². The molecule has 0 aliphatic carbocycles. The third kappa shape index (κ3) is 4.43. The lowest BCUT2D eigenvalue weighted by Crippen LogP contribution is -2.46. The number of carbonyl (C=O) groups excluding carboxylic acids is 1. The molecule has 0 saturated carbocycles. The van der Waals surface area contributed by atoms with E-state index in [9.17, 15) is 4.79 Å². The largest absolute Gasteiger partial charge is 0.325 e. The van der Waals surface area contributed by atoms with Crippen molar-refractivity contribution in [3.63, 3.8) is 0 Å². The smallest absolute Gasteiger partial charge is 0.238 e. The summed E-state index contributed by atoms with van der Waals surface area (Å²) < 4.78 is 0. The highest BCUT2D eigenvalue weighted by Gasteiger charge is 2.20. The Morgan fingerprint density at radius 1 is 1.08 bits per heavy atom. The number of nitrogens with zero attached hydrogens (tertiary/aromatic N) is 1. The van der Waals surface area contributed by atoms with Crippen LogP contribution in [0.15, 0.2) is 54.6 Å². The topological polar surface area (TPSA) is 44.4 Å². The number of nitrogens with one attached hydrogen (secondary N) is 2. The van der Waals surface area contributed by atoms with Crippen molar-refractivity contribution in [1.82, 2.24) is 10.2 Å². The number of rotatable bonds is 5. The van der Waals surface area contributed by atoms with Crippen molar-refractivity contribution in [1.29, 1.82) is 0 Å². The van der Waals surface area contributed by atoms with Gasteiger partial charge in [-0.2, -0.15) is 0 Å². The van der Waals surface area contributed by atoms with Crippen molar-refractivity contribution in [3.8, 4) is 11.1 Å². The van der Waals surface area contributed by atoms with Gasteiger partial charge in [-0.3, -0.25) is 9.69 Å². The van der Waals surface area contributed by atoms with Gasteiger partial charge in [-0.25, -0.2) is 0 Å². The fourth-order valence-electron chi connectivity index (χ4n) is 3.21. The number of amides is 1. The average Bonchev–Trinajstić information content (AvgIpc) is 2.63. The summed E-state index contributed by atoms with van der Waals surface area (Å²) in [5, 5.41) is 6.30. The minimum Gasteiger partial charge on any atom is -0.325 e. The van der Waals surface area contributed by atoms with Crippen LogP contribution in [0.4, 0.5) is 5.69 Å². The lowest BCUT2D eigenvalue weighted by Gasteiger charge is -2.31. The molecule has 1 fully saturated rings. The second kappa shape index (κ2) is 8.08. The minimum absolute atomic E-state index is 0.0548. The van der Waals surface area contributed by atoms with E-state index in [4.69, 9.17) is 0 Å². The molecule has 1 amide bonds. The summed E-state index contributed by atoms with van der Waals surface area (Å²) in [7, 11) is 1.99. The molecule has 2 aromatic carbocycles. The summed E-state index contributed by atoms with van der Waals surface area (Å²) in [5.41, 5.74) is 3.19. The van der Waals surface area contributed by atoms with E-state index in [1.807, 2.05) is 49.5 Å². The molecule has 1 heterocycles. The molecule has 24 heavy (non-hydrogen) atoms. The SMILES string of the molecule is CNC1CCCN(CC(=O)Nc2ccc(-c3ccccc3)cc2)C1. The van der Waals surface area contributed by atoms with Crippen LogP contribution in [-0.2, 0) is 4.79 Å². The number of anilines is 1. The van der Waals surface area contributed by atoms with E-state index in [-0.39, 0.29) is 5.91 Å². The van der Waals surface area contributed by atoms with Crippen molar-refractivity contribution in [3.05, 3.63) is 54.6 Å². The first-order valence-corrected chi connectivity index (χ1v) is 8.59. The van der Waals surface area contributed by atoms with E-state index in [0.29, 0.717) is 12.6 Å². The Kier molecular flexibility index (Phi) is 5.62. The van der Waals surface area contributed by atoms with E-state index >= 15 is 0 Å².